The Labute approximate surface area is 107 Å². The third-order valence-electron chi connectivity index (χ3n) is 1.92. The van der Waals surface area contributed by atoms with Crippen molar-refractivity contribution in [3.63, 3.8) is 0 Å². The number of nitrogens with zero attached hydrogens (tertiary/aromatic N) is 3. The van der Waals surface area contributed by atoms with Crippen LogP contribution in [0.1, 0.15) is 0 Å². The molecular formula is C10H10N4OS2. The van der Waals surface area contributed by atoms with Gasteiger partial charge in [0.05, 0.1) is 16.3 Å². The van der Waals surface area contributed by atoms with Crippen LogP contribution in [0.5, 0.6) is 0 Å². The Morgan fingerprint density at radius 3 is 3.12 bits per heavy atom. The van der Waals surface area contributed by atoms with Crippen molar-refractivity contribution in [3.8, 4) is 10.6 Å². The fourth-order valence-electron chi connectivity index (χ4n) is 1.08. The predicted molar refractivity (Wildman–Crippen MR) is 67.9 cm³/mol. The number of hydrogen-bond acceptors (Lipinski definition) is 6. The van der Waals surface area contributed by atoms with Crippen LogP contribution in [0.4, 0.5) is 0 Å². The third-order valence-corrected chi connectivity index (χ3v) is 4.10. The van der Waals surface area contributed by atoms with Gasteiger partial charge in [-0.05, 0) is 6.07 Å². The predicted octanol–water partition coefficient (Wildman–Crippen LogP) is 1.44. The molecule has 17 heavy (non-hydrogen) atoms. The summed E-state index contributed by atoms with van der Waals surface area (Å²) in [4.78, 5) is 24.3. The highest BCUT2D eigenvalue weighted by Gasteiger charge is 2.07. The van der Waals surface area contributed by atoms with E-state index in [1.54, 1.807) is 19.4 Å². The molecule has 0 saturated carbocycles. The lowest BCUT2D eigenvalue weighted by Crippen LogP contribution is -2.19. The Balaban J connectivity index is 2.04. The molecule has 0 aliphatic heterocycles. The molecule has 0 unspecified atom stereocenters. The van der Waals surface area contributed by atoms with E-state index in [9.17, 15) is 4.79 Å². The first kappa shape index (κ1) is 12.0. The summed E-state index contributed by atoms with van der Waals surface area (Å²) in [7, 11) is 1.62. The van der Waals surface area contributed by atoms with Crippen LogP contribution in [0.15, 0.2) is 29.1 Å². The number of amides is 1. The molecule has 2 rings (SSSR count). The molecule has 0 aromatic carbocycles. The largest absolute Gasteiger partial charge is 0.358 e. The highest BCUT2D eigenvalue weighted by molar-refractivity contribution is 8.01. The van der Waals surface area contributed by atoms with Gasteiger partial charge in [0.2, 0.25) is 5.91 Å². The van der Waals surface area contributed by atoms with Gasteiger partial charge in [0.1, 0.15) is 6.33 Å². The second-order valence-electron chi connectivity index (χ2n) is 3.05. The summed E-state index contributed by atoms with van der Waals surface area (Å²) in [5.74, 6) is 0.376. The zero-order valence-corrected chi connectivity index (χ0v) is 10.7. The van der Waals surface area contributed by atoms with Gasteiger partial charge in [0.25, 0.3) is 0 Å². The minimum absolute atomic E-state index is 0.00575. The van der Waals surface area contributed by atoms with E-state index in [0.29, 0.717) is 5.75 Å². The Hall–Kier alpha value is -1.47. The van der Waals surface area contributed by atoms with Crippen molar-refractivity contribution in [3.05, 3.63) is 24.8 Å². The maximum absolute atomic E-state index is 11.1. The molecule has 7 heteroatoms. The minimum atomic E-state index is -0.00575. The molecule has 0 saturated heterocycles. The lowest BCUT2D eigenvalue weighted by molar-refractivity contribution is -0.118. The van der Waals surface area contributed by atoms with Gasteiger partial charge in [-0.25, -0.2) is 15.0 Å². The van der Waals surface area contributed by atoms with Crippen molar-refractivity contribution < 1.29 is 4.79 Å². The molecule has 2 aromatic heterocycles. The molecule has 0 atom stereocenters. The first-order valence-electron chi connectivity index (χ1n) is 4.85. The van der Waals surface area contributed by atoms with Crippen molar-refractivity contribution >= 4 is 29.0 Å². The summed E-state index contributed by atoms with van der Waals surface area (Å²) < 4.78 is 0.863. The molecule has 1 N–H and O–H groups in total. The summed E-state index contributed by atoms with van der Waals surface area (Å²) >= 11 is 2.94. The van der Waals surface area contributed by atoms with E-state index in [4.69, 9.17) is 0 Å². The van der Waals surface area contributed by atoms with Gasteiger partial charge in [-0.15, -0.1) is 11.3 Å². The second kappa shape index (κ2) is 5.74. The molecule has 1 amide bonds. The van der Waals surface area contributed by atoms with Crippen LogP contribution in [-0.2, 0) is 4.79 Å². The van der Waals surface area contributed by atoms with Crippen molar-refractivity contribution in [1.29, 1.82) is 0 Å². The topological polar surface area (TPSA) is 67.8 Å². The van der Waals surface area contributed by atoms with E-state index in [1.165, 1.54) is 29.4 Å². The van der Waals surface area contributed by atoms with Crippen LogP contribution in [0, 0.1) is 0 Å². The van der Waals surface area contributed by atoms with E-state index in [2.05, 4.69) is 20.3 Å². The molecule has 5 nitrogen and oxygen atoms in total. The van der Waals surface area contributed by atoms with Crippen LogP contribution in [-0.4, -0.2) is 33.7 Å². The number of carbonyl (C=O) groups is 1. The van der Waals surface area contributed by atoms with E-state index in [0.717, 1.165) is 14.9 Å². The van der Waals surface area contributed by atoms with Gasteiger partial charge in [0.15, 0.2) is 4.34 Å². The minimum Gasteiger partial charge on any atom is -0.358 e. The average molecular weight is 266 g/mol. The quantitative estimate of drug-likeness (QED) is 0.848. The maximum atomic E-state index is 11.1. The van der Waals surface area contributed by atoms with Gasteiger partial charge in [-0.2, -0.15) is 0 Å². The molecule has 88 valence electrons. The van der Waals surface area contributed by atoms with Crippen molar-refractivity contribution in [2.75, 3.05) is 12.8 Å². The first-order valence-corrected chi connectivity index (χ1v) is 6.65. The van der Waals surface area contributed by atoms with Gasteiger partial charge in [-0.3, -0.25) is 4.79 Å². The highest BCUT2D eigenvalue weighted by Crippen LogP contribution is 2.29. The Morgan fingerprint density at radius 1 is 1.53 bits per heavy atom. The molecule has 0 aliphatic carbocycles. The number of rotatable bonds is 4. The molecule has 2 aromatic rings. The van der Waals surface area contributed by atoms with E-state index < -0.39 is 0 Å². The number of aromatic nitrogens is 3. The SMILES string of the molecule is CNC(=O)CSc1ncc(-c2ccncn2)s1. The first-order chi connectivity index (χ1) is 8.29. The summed E-state index contributed by atoms with van der Waals surface area (Å²) in [6, 6.07) is 1.83. The zero-order chi connectivity index (χ0) is 12.1. The molecule has 0 radical (unpaired) electrons. The summed E-state index contributed by atoms with van der Waals surface area (Å²) in [5.41, 5.74) is 0.851. The smallest absolute Gasteiger partial charge is 0.230 e. The van der Waals surface area contributed by atoms with Crippen LogP contribution < -0.4 is 5.32 Å². The maximum Gasteiger partial charge on any atom is 0.230 e. The molecule has 2 heterocycles. The monoisotopic (exact) mass is 266 g/mol. The molecular weight excluding hydrogens is 256 g/mol. The van der Waals surface area contributed by atoms with Crippen molar-refractivity contribution in [2.24, 2.45) is 0 Å². The van der Waals surface area contributed by atoms with Crippen molar-refractivity contribution in [1.82, 2.24) is 20.3 Å². The van der Waals surface area contributed by atoms with Crippen LogP contribution in [0.2, 0.25) is 0 Å². The average Bonchev–Trinajstić information content (AvgIpc) is 2.86. The van der Waals surface area contributed by atoms with Crippen LogP contribution in [0.3, 0.4) is 0 Å². The number of nitrogens with one attached hydrogen (secondary N) is 1. The standard InChI is InChI=1S/C10H10N4OS2/c1-11-9(15)5-16-10-13-4-8(17-10)7-2-3-12-6-14-7/h2-4,6H,5H2,1H3,(H,11,15). The third kappa shape index (κ3) is 3.24. The summed E-state index contributed by atoms with van der Waals surface area (Å²) in [6.07, 6.45) is 4.96. The molecule has 0 spiro atoms. The molecule has 0 bridgehead atoms. The van der Waals surface area contributed by atoms with Gasteiger partial charge in [-0.1, -0.05) is 11.8 Å². The zero-order valence-electron chi connectivity index (χ0n) is 9.08. The van der Waals surface area contributed by atoms with Gasteiger partial charge >= 0.3 is 0 Å². The normalized spacial score (nSPS) is 10.2. The van der Waals surface area contributed by atoms with E-state index >= 15 is 0 Å². The molecule has 0 aliphatic rings. The Bertz CT molecular complexity index is 500. The lowest BCUT2D eigenvalue weighted by atomic mass is 10.4. The highest BCUT2D eigenvalue weighted by atomic mass is 32.2. The van der Waals surface area contributed by atoms with Gasteiger partial charge in [0, 0.05) is 19.4 Å². The fourth-order valence-corrected chi connectivity index (χ4v) is 2.91. The second-order valence-corrected chi connectivity index (χ2v) is 5.30. The van der Waals surface area contributed by atoms with Gasteiger partial charge < -0.3 is 5.32 Å². The van der Waals surface area contributed by atoms with Crippen molar-refractivity contribution in [2.45, 2.75) is 4.34 Å². The number of carbonyl (C=O) groups excluding carboxylic acids is 1. The summed E-state index contributed by atoms with van der Waals surface area (Å²) in [5, 5.41) is 2.57. The van der Waals surface area contributed by atoms with E-state index in [1.807, 2.05) is 6.07 Å². The lowest BCUT2D eigenvalue weighted by Gasteiger charge is -1.95. The summed E-state index contributed by atoms with van der Waals surface area (Å²) in [6.45, 7) is 0. The number of thioether (sulfide) groups is 1. The molecule has 0 fully saturated rings. The Kier molecular flexibility index (Phi) is 4.05. The number of thiazole rings is 1. The van der Waals surface area contributed by atoms with E-state index in [-0.39, 0.29) is 5.91 Å². The fraction of sp³-hybridized carbons (Fsp3) is 0.200. The van der Waals surface area contributed by atoms with Crippen LogP contribution >= 0.6 is 23.1 Å². The number of hydrogen-bond donors (Lipinski definition) is 1. The van der Waals surface area contributed by atoms with Crippen LogP contribution in [0.25, 0.3) is 10.6 Å². The Morgan fingerprint density at radius 2 is 2.41 bits per heavy atom.